The van der Waals surface area contributed by atoms with E-state index in [1.165, 1.54) is 0 Å². The highest BCUT2D eigenvalue weighted by Gasteiger charge is 2.34. The molecular weight excluding hydrogens is 265 g/mol. The van der Waals surface area contributed by atoms with Crippen LogP contribution in [-0.4, -0.2) is 12.1 Å². The fourth-order valence-electron chi connectivity index (χ4n) is 1.47. The van der Waals surface area contributed by atoms with Gasteiger partial charge in [-0.05, 0) is 38.5 Å². The van der Waals surface area contributed by atoms with Crippen molar-refractivity contribution in [2.45, 2.75) is 38.7 Å². The van der Waals surface area contributed by atoms with E-state index in [-0.39, 0.29) is 17.6 Å². The molecule has 1 atom stereocenters. The van der Waals surface area contributed by atoms with Crippen molar-refractivity contribution < 1.29 is 22.0 Å². The number of nitrogens with one attached hydrogen (secondary N) is 1. The van der Waals surface area contributed by atoms with Crippen LogP contribution in [0.5, 0.6) is 0 Å². The molecule has 1 nitrogen and oxygen atoms in total. The fourth-order valence-corrected chi connectivity index (χ4v) is 1.47. The molecule has 0 saturated heterocycles. The van der Waals surface area contributed by atoms with Gasteiger partial charge in [-0.1, -0.05) is 6.07 Å². The molecule has 1 rings (SSSR count). The van der Waals surface area contributed by atoms with E-state index in [0.717, 1.165) is 6.07 Å². The van der Waals surface area contributed by atoms with Crippen LogP contribution >= 0.6 is 0 Å². The van der Waals surface area contributed by atoms with Crippen LogP contribution < -0.4 is 5.32 Å². The molecule has 0 saturated carbocycles. The first-order valence-electron chi connectivity index (χ1n) is 5.76. The number of halogens is 5. The van der Waals surface area contributed by atoms with Crippen LogP contribution in [0.15, 0.2) is 18.2 Å². The van der Waals surface area contributed by atoms with Gasteiger partial charge in [0.15, 0.2) is 0 Å². The first-order valence-corrected chi connectivity index (χ1v) is 5.76. The molecule has 0 radical (unpaired) electrons. The Morgan fingerprint density at radius 2 is 1.74 bits per heavy atom. The average Bonchev–Trinajstić information content (AvgIpc) is 2.24. The molecular formula is C13H16F5N. The van der Waals surface area contributed by atoms with Crippen LogP contribution in [0.1, 0.15) is 38.1 Å². The molecule has 1 N–H and O–H groups in total. The molecule has 0 aromatic heterocycles. The van der Waals surface area contributed by atoms with E-state index in [2.05, 4.69) is 5.32 Å². The maximum absolute atomic E-state index is 13.8. The second-order valence-corrected chi connectivity index (χ2v) is 5.34. The third kappa shape index (κ3) is 4.78. The van der Waals surface area contributed by atoms with Crippen LogP contribution in [0, 0.1) is 5.82 Å². The minimum atomic E-state index is -4.82. The van der Waals surface area contributed by atoms with Gasteiger partial charge < -0.3 is 5.32 Å². The lowest BCUT2D eigenvalue weighted by Crippen LogP contribution is -2.37. The summed E-state index contributed by atoms with van der Waals surface area (Å²) in [6, 6.07) is 2.19. The van der Waals surface area contributed by atoms with Gasteiger partial charge in [-0.3, -0.25) is 0 Å². The molecule has 0 bridgehead atoms. The zero-order valence-corrected chi connectivity index (χ0v) is 10.9. The SMILES string of the molecule is CC(C)(C)NCC(F)c1ccc(F)c(C(F)(F)F)c1. The summed E-state index contributed by atoms with van der Waals surface area (Å²) in [6.45, 7) is 5.30. The Morgan fingerprint density at radius 3 is 2.21 bits per heavy atom. The van der Waals surface area contributed by atoms with Gasteiger partial charge in [-0.15, -0.1) is 0 Å². The normalized spacial score (nSPS) is 14.5. The van der Waals surface area contributed by atoms with Gasteiger partial charge in [0.05, 0.1) is 5.56 Å². The monoisotopic (exact) mass is 281 g/mol. The van der Waals surface area contributed by atoms with Gasteiger partial charge in [0.2, 0.25) is 0 Å². The van der Waals surface area contributed by atoms with Crippen LogP contribution in [0.4, 0.5) is 22.0 Å². The lowest BCUT2D eigenvalue weighted by Gasteiger charge is -2.22. The molecule has 108 valence electrons. The molecule has 0 heterocycles. The van der Waals surface area contributed by atoms with Crippen LogP contribution in [0.25, 0.3) is 0 Å². The number of alkyl halides is 4. The third-order valence-electron chi connectivity index (χ3n) is 2.47. The van der Waals surface area contributed by atoms with Crippen molar-refractivity contribution in [3.05, 3.63) is 35.1 Å². The second-order valence-electron chi connectivity index (χ2n) is 5.34. The Morgan fingerprint density at radius 1 is 1.16 bits per heavy atom. The largest absolute Gasteiger partial charge is 0.419 e. The Balaban J connectivity index is 2.90. The molecule has 1 aromatic rings. The van der Waals surface area contributed by atoms with Crippen molar-refractivity contribution in [3.63, 3.8) is 0 Å². The predicted octanol–water partition coefficient (Wildman–Crippen LogP) is 4.24. The summed E-state index contributed by atoms with van der Waals surface area (Å²) < 4.78 is 64.3. The summed E-state index contributed by atoms with van der Waals surface area (Å²) in [4.78, 5) is 0. The molecule has 6 heteroatoms. The molecule has 0 amide bonds. The quantitative estimate of drug-likeness (QED) is 0.817. The van der Waals surface area contributed by atoms with Crippen molar-refractivity contribution in [2.24, 2.45) is 0 Å². The second kappa shape index (κ2) is 5.45. The summed E-state index contributed by atoms with van der Waals surface area (Å²) in [5, 5.41) is 2.84. The van der Waals surface area contributed by atoms with Crippen molar-refractivity contribution >= 4 is 0 Å². The van der Waals surface area contributed by atoms with Crippen LogP contribution in [0.3, 0.4) is 0 Å². The van der Waals surface area contributed by atoms with Gasteiger partial charge >= 0.3 is 6.18 Å². The highest BCUT2D eigenvalue weighted by Crippen LogP contribution is 2.33. The molecule has 0 aliphatic heterocycles. The summed E-state index contributed by atoms with van der Waals surface area (Å²) in [5.41, 5.74) is -1.98. The van der Waals surface area contributed by atoms with Crippen LogP contribution in [0.2, 0.25) is 0 Å². The van der Waals surface area contributed by atoms with Crippen molar-refractivity contribution in [1.29, 1.82) is 0 Å². The Kier molecular flexibility index (Phi) is 4.55. The minimum absolute atomic E-state index is 0.133. The summed E-state index contributed by atoms with van der Waals surface area (Å²) in [6.07, 6.45) is -6.45. The van der Waals surface area contributed by atoms with E-state index < -0.39 is 23.7 Å². The average molecular weight is 281 g/mol. The Labute approximate surface area is 108 Å². The summed E-state index contributed by atoms with van der Waals surface area (Å²) >= 11 is 0. The van der Waals surface area contributed by atoms with Crippen molar-refractivity contribution in [1.82, 2.24) is 5.32 Å². The van der Waals surface area contributed by atoms with Crippen LogP contribution in [-0.2, 0) is 6.18 Å². The molecule has 19 heavy (non-hydrogen) atoms. The first kappa shape index (κ1) is 15.9. The highest BCUT2D eigenvalue weighted by atomic mass is 19.4. The lowest BCUT2D eigenvalue weighted by atomic mass is 10.0. The van der Waals surface area contributed by atoms with E-state index >= 15 is 0 Å². The maximum atomic E-state index is 13.8. The van der Waals surface area contributed by atoms with Crippen molar-refractivity contribution in [3.8, 4) is 0 Å². The van der Waals surface area contributed by atoms with Gasteiger partial charge in [0.25, 0.3) is 0 Å². The highest BCUT2D eigenvalue weighted by molar-refractivity contribution is 5.29. The third-order valence-corrected chi connectivity index (χ3v) is 2.47. The standard InChI is InChI=1S/C13H16F5N/c1-12(2,3)19-7-11(15)8-4-5-10(14)9(6-8)13(16,17)18/h4-6,11,19H,7H2,1-3H3. The van der Waals surface area contributed by atoms with Gasteiger partial charge in [0, 0.05) is 12.1 Å². The Hall–Kier alpha value is -1.17. The zero-order valence-electron chi connectivity index (χ0n) is 10.9. The molecule has 0 spiro atoms. The number of hydrogen-bond acceptors (Lipinski definition) is 1. The summed E-state index contributed by atoms with van der Waals surface area (Å²) in [7, 11) is 0. The maximum Gasteiger partial charge on any atom is 0.419 e. The summed E-state index contributed by atoms with van der Waals surface area (Å²) in [5.74, 6) is -1.40. The fraction of sp³-hybridized carbons (Fsp3) is 0.538. The number of hydrogen-bond donors (Lipinski definition) is 1. The minimum Gasteiger partial charge on any atom is -0.309 e. The van der Waals surface area contributed by atoms with E-state index in [0.29, 0.717) is 12.1 Å². The smallest absolute Gasteiger partial charge is 0.309 e. The molecule has 0 aliphatic rings. The first-order chi connectivity index (χ1) is 8.50. The van der Waals surface area contributed by atoms with Gasteiger partial charge in [0.1, 0.15) is 12.0 Å². The van der Waals surface area contributed by atoms with Gasteiger partial charge in [-0.25, -0.2) is 8.78 Å². The van der Waals surface area contributed by atoms with E-state index in [1.807, 2.05) is 20.8 Å². The number of rotatable bonds is 3. The Bertz CT molecular complexity index is 434. The van der Waals surface area contributed by atoms with E-state index in [4.69, 9.17) is 0 Å². The van der Waals surface area contributed by atoms with Crippen molar-refractivity contribution in [2.75, 3.05) is 6.54 Å². The van der Waals surface area contributed by atoms with E-state index in [9.17, 15) is 22.0 Å². The lowest BCUT2D eigenvalue weighted by molar-refractivity contribution is -0.140. The molecule has 0 aliphatic carbocycles. The zero-order chi connectivity index (χ0) is 14.8. The van der Waals surface area contributed by atoms with Gasteiger partial charge in [-0.2, -0.15) is 13.2 Å². The number of benzene rings is 1. The molecule has 1 aromatic carbocycles. The predicted molar refractivity (Wildman–Crippen MR) is 63.0 cm³/mol. The molecule has 0 fully saturated rings. The molecule has 1 unspecified atom stereocenters. The van der Waals surface area contributed by atoms with E-state index in [1.54, 1.807) is 0 Å². The topological polar surface area (TPSA) is 12.0 Å².